The Kier molecular flexibility index (Phi) is 5.79. The summed E-state index contributed by atoms with van der Waals surface area (Å²) in [6, 6.07) is 15.8. The average molecular weight is 397 g/mol. The van der Waals surface area contributed by atoms with E-state index in [4.69, 9.17) is 0 Å². The van der Waals surface area contributed by atoms with Crippen LogP contribution in [0.2, 0.25) is 0 Å². The number of carbonyl (C=O) groups excluding carboxylic acids is 2. The van der Waals surface area contributed by atoms with E-state index in [2.05, 4.69) is 5.32 Å². The first-order valence-electron chi connectivity index (χ1n) is 9.15. The molecule has 1 aliphatic carbocycles. The van der Waals surface area contributed by atoms with Crippen LogP contribution in [-0.2, 0) is 19.4 Å². The van der Waals surface area contributed by atoms with Gasteiger partial charge in [0.05, 0.1) is 17.4 Å². The van der Waals surface area contributed by atoms with E-state index in [-0.39, 0.29) is 29.0 Å². The molecule has 0 radical (unpaired) electrons. The molecule has 0 saturated carbocycles. The average Bonchev–Trinajstić information content (AvgIpc) is 3.02. The number of allylic oxidation sites excluding steroid dienone is 1. The van der Waals surface area contributed by atoms with Gasteiger partial charge in [0.1, 0.15) is 0 Å². The predicted octanol–water partition coefficient (Wildman–Crippen LogP) is 3.47. The van der Waals surface area contributed by atoms with E-state index in [1.165, 1.54) is 12.1 Å². The SMILES string of the molecule is CC(NC(=O)CC1=C(c2ccccc2)CCC1=O)c1ccc(S(C)(=O)=O)cc1. The van der Waals surface area contributed by atoms with E-state index >= 15 is 0 Å². The van der Waals surface area contributed by atoms with Crippen molar-refractivity contribution in [1.29, 1.82) is 0 Å². The fraction of sp³-hybridized carbons (Fsp3) is 0.273. The number of carbonyl (C=O) groups is 2. The lowest BCUT2D eigenvalue weighted by Crippen LogP contribution is -2.27. The molecule has 5 nitrogen and oxygen atoms in total. The van der Waals surface area contributed by atoms with Gasteiger partial charge in [-0.3, -0.25) is 9.59 Å². The minimum absolute atomic E-state index is 0.0270. The third kappa shape index (κ3) is 4.57. The lowest BCUT2D eigenvalue weighted by molar-refractivity contribution is -0.122. The Balaban J connectivity index is 1.71. The number of benzene rings is 2. The van der Waals surface area contributed by atoms with E-state index in [9.17, 15) is 18.0 Å². The lowest BCUT2D eigenvalue weighted by atomic mass is 9.99. The van der Waals surface area contributed by atoms with Crippen LogP contribution < -0.4 is 5.32 Å². The molecule has 0 bridgehead atoms. The number of sulfone groups is 1. The van der Waals surface area contributed by atoms with Crippen LogP contribution in [0, 0.1) is 0 Å². The Bertz CT molecular complexity index is 1020. The Hall–Kier alpha value is -2.73. The summed E-state index contributed by atoms with van der Waals surface area (Å²) in [5, 5.41) is 2.90. The molecular weight excluding hydrogens is 374 g/mol. The number of nitrogens with one attached hydrogen (secondary N) is 1. The molecule has 6 heteroatoms. The van der Waals surface area contributed by atoms with Crippen LogP contribution in [0.4, 0.5) is 0 Å². The van der Waals surface area contributed by atoms with Gasteiger partial charge in [0.15, 0.2) is 15.6 Å². The minimum Gasteiger partial charge on any atom is -0.349 e. The summed E-state index contributed by atoms with van der Waals surface area (Å²) >= 11 is 0. The normalized spacial score (nSPS) is 15.6. The molecule has 0 spiro atoms. The molecule has 3 rings (SSSR count). The van der Waals surface area contributed by atoms with E-state index < -0.39 is 9.84 Å². The Morgan fingerprint density at radius 2 is 1.68 bits per heavy atom. The minimum atomic E-state index is -3.25. The summed E-state index contributed by atoms with van der Waals surface area (Å²) < 4.78 is 23.1. The molecule has 2 aromatic rings. The second-order valence-corrected chi connectivity index (χ2v) is 9.07. The van der Waals surface area contributed by atoms with Crippen molar-refractivity contribution in [3.05, 3.63) is 71.3 Å². The van der Waals surface area contributed by atoms with Crippen LogP contribution in [0.3, 0.4) is 0 Å². The molecule has 1 atom stereocenters. The summed E-state index contributed by atoms with van der Waals surface area (Å²) in [5.74, 6) is -0.197. The van der Waals surface area contributed by atoms with Gasteiger partial charge in [-0.25, -0.2) is 8.42 Å². The maximum absolute atomic E-state index is 12.5. The highest BCUT2D eigenvalue weighted by molar-refractivity contribution is 7.90. The highest BCUT2D eigenvalue weighted by Gasteiger charge is 2.26. The molecule has 0 aromatic heterocycles. The largest absolute Gasteiger partial charge is 0.349 e. The van der Waals surface area contributed by atoms with Gasteiger partial charge in [-0.05, 0) is 42.2 Å². The van der Waals surface area contributed by atoms with Crippen molar-refractivity contribution in [2.75, 3.05) is 6.26 Å². The lowest BCUT2D eigenvalue weighted by Gasteiger charge is -2.15. The molecule has 0 fully saturated rings. The highest BCUT2D eigenvalue weighted by atomic mass is 32.2. The maximum Gasteiger partial charge on any atom is 0.225 e. The Labute approximate surface area is 165 Å². The number of amides is 1. The van der Waals surface area contributed by atoms with E-state index in [0.29, 0.717) is 18.4 Å². The molecular formula is C22H23NO4S. The monoisotopic (exact) mass is 397 g/mol. The molecule has 1 amide bonds. The van der Waals surface area contributed by atoms with Crippen molar-refractivity contribution in [3.8, 4) is 0 Å². The topological polar surface area (TPSA) is 80.3 Å². The number of Topliss-reactive ketones (excluding diaryl/α,β-unsaturated/α-hetero) is 1. The summed E-state index contributed by atoms with van der Waals surface area (Å²) in [6.45, 7) is 1.83. The molecule has 0 saturated heterocycles. The van der Waals surface area contributed by atoms with Crippen LogP contribution in [-0.4, -0.2) is 26.4 Å². The van der Waals surface area contributed by atoms with Crippen LogP contribution >= 0.6 is 0 Å². The van der Waals surface area contributed by atoms with Gasteiger partial charge < -0.3 is 5.32 Å². The number of hydrogen-bond donors (Lipinski definition) is 1. The molecule has 0 heterocycles. The molecule has 146 valence electrons. The third-order valence-corrected chi connectivity index (χ3v) is 6.08. The van der Waals surface area contributed by atoms with E-state index in [1.54, 1.807) is 12.1 Å². The van der Waals surface area contributed by atoms with Crippen LogP contribution in [0.15, 0.2) is 65.1 Å². The quantitative estimate of drug-likeness (QED) is 0.809. The van der Waals surface area contributed by atoms with Crippen molar-refractivity contribution in [3.63, 3.8) is 0 Å². The van der Waals surface area contributed by atoms with Gasteiger partial charge >= 0.3 is 0 Å². The van der Waals surface area contributed by atoms with Crippen LogP contribution in [0.5, 0.6) is 0 Å². The van der Waals surface area contributed by atoms with Gasteiger partial charge in [-0.1, -0.05) is 42.5 Å². The molecule has 0 aliphatic heterocycles. The van der Waals surface area contributed by atoms with Gasteiger partial charge in [0.25, 0.3) is 0 Å². The summed E-state index contributed by atoms with van der Waals surface area (Å²) in [7, 11) is -3.25. The molecule has 1 unspecified atom stereocenters. The van der Waals surface area contributed by atoms with Crippen LogP contribution in [0.1, 0.15) is 43.4 Å². The van der Waals surface area contributed by atoms with Crippen molar-refractivity contribution in [2.45, 2.75) is 37.1 Å². The van der Waals surface area contributed by atoms with Crippen molar-refractivity contribution in [2.24, 2.45) is 0 Å². The van der Waals surface area contributed by atoms with Gasteiger partial charge in [0.2, 0.25) is 5.91 Å². The predicted molar refractivity (Wildman–Crippen MR) is 108 cm³/mol. The standard InChI is InChI=1S/C22H23NO4S/c1-15(16-8-10-18(11-9-16)28(2,26)27)23-22(25)14-20-19(12-13-21(20)24)17-6-4-3-5-7-17/h3-11,15H,12-14H2,1-2H3,(H,23,25). The first-order valence-corrected chi connectivity index (χ1v) is 11.0. The fourth-order valence-corrected chi connectivity index (χ4v) is 4.04. The first-order chi connectivity index (χ1) is 13.3. The van der Waals surface area contributed by atoms with Crippen LogP contribution in [0.25, 0.3) is 5.57 Å². The first kappa shape index (κ1) is 20.0. The smallest absolute Gasteiger partial charge is 0.225 e. The molecule has 1 aliphatic rings. The Morgan fingerprint density at radius 3 is 2.29 bits per heavy atom. The zero-order valence-corrected chi connectivity index (χ0v) is 16.8. The summed E-state index contributed by atoms with van der Waals surface area (Å²) in [6.07, 6.45) is 2.31. The van der Waals surface area contributed by atoms with Crippen molar-refractivity contribution < 1.29 is 18.0 Å². The van der Waals surface area contributed by atoms with Gasteiger partial charge in [0, 0.05) is 18.2 Å². The fourth-order valence-electron chi connectivity index (χ4n) is 3.41. The highest BCUT2D eigenvalue weighted by Crippen LogP contribution is 2.33. The second-order valence-electron chi connectivity index (χ2n) is 7.05. The van der Waals surface area contributed by atoms with Crippen molar-refractivity contribution >= 4 is 27.1 Å². The second kappa shape index (κ2) is 8.10. The Morgan fingerprint density at radius 1 is 1.04 bits per heavy atom. The number of rotatable bonds is 6. The third-order valence-electron chi connectivity index (χ3n) is 4.95. The zero-order valence-electron chi connectivity index (χ0n) is 15.9. The van der Waals surface area contributed by atoms with Gasteiger partial charge in [-0.2, -0.15) is 0 Å². The zero-order chi connectivity index (χ0) is 20.3. The van der Waals surface area contributed by atoms with E-state index in [1.807, 2.05) is 37.3 Å². The number of hydrogen-bond acceptors (Lipinski definition) is 4. The molecule has 2 aromatic carbocycles. The summed E-state index contributed by atoms with van der Waals surface area (Å²) in [4.78, 5) is 25.1. The number of ketones is 1. The van der Waals surface area contributed by atoms with Crippen molar-refractivity contribution in [1.82, 2.24) is 5.32 Å². The van der Waals surface area contributed by atoms with E-state index in [0.717, 1.165) is 23.0 Å². The maximum atomic E-state index is 12.5. The summed E-state index contributed by atoms with van der Waals surface area (Å²) in [5.41, 5.74) is 3.32. The molecule has 1 N–H and O–H groups in total. The van der Waals surface area contributed by atoms with Gasteiger partial charge in [-0.15, -0.1) is 0 Å². The molecule has 28 heavy (non-hydrogen) atoms.